The predicted octanol–water partition coefficient (Wildman–Crippen LogP) is 6.96. The van der Waals surface area contributed by atoms with Crippen LogP contribution in [0, 0.1) is 0 Å². The summed E-state index contributed by atoms with van der Waals surface area (Å²) in [6.07, 6.45) is 12.7. The molecule has 0 aliphatic carbocycles. The first-order valence-electron chi connectivity index (χ1n) is 13.7. The third-order valence-electron chi connectivity index (χ3n) is 6.08. The van der Waals surface area contributed by atoms with E-state index in [1.807, 2.05) is 37.3 Å². The Kier molecular flexibility index (Phi) is 19.9. The van der Waals surface area contributed by atoms with Crippen LogP contribution in [0.2, 0.25) is 0 Å². The lowest BCUT2D eigenvalue weighted by molar-refractivity contribution is -0.154. The molecule has 0 saturated heterocycles. The summed E-state index contributed by atoms with van der Waals surface area (Å²) in [4.78, 5) is 10.9. The van der Waals surface area contributed by atoms with Crippen LogP contribution in [0.5, 0.6) is 5.75 Å². The number of thioether (sulfide) groups is 1. The Morgan fingerprint density at radius 1 is 0.973 bits per heavy atom. The number of para-hydroxylation sites is 1. The van der Waals surface area contributed by atoms with Gasteiger partial charge >= 0.3 is 5.97 Å². The molecular weight excluding hydrogens is 511 g/mol. The summed E-state index contributed by atoms with van der Waals surface area (Å²) in [7, 11) is -0.896. The summed E-state index contributed by atoms with van der Waals surface area (Å²) in [6.45, 7) is 4.32. The fourth-order valence-electron chi connectivity index (χ4n) is 3.76. The lowest BCUT2D eigenvalue weighted by Crippen LogP contribution is -2.37. The van der Waals surface area contributed by atoms with Gasteiger partial charge in [-0.3, -0.25) is 4.57 Å². The van der Waals surface area contributed by atoms with Crippen molar-refractivity contribution < 1.29 is 33.8 Å². The van der Waals surface area contributed by atoms with Crippen LogP contribution in [-0.4, -0.2) is 65.1 Å². The van der Waals surface area contributed by atoms with Crippen LogP contribution < -0.4 is 4.74 Å². The molecule has 1 aromatic carbocycles. The fourth-order valence-corrected chi connectivity index (χ4v) is 5.00. The van der Waals surface area contributed by atoms with Crippen molar-refractivity contribution in [1.29, 1.82) is 0 Å². The number of benzene rings is 1. The summed E-state index contributed by atoms with van der Waals surface area (Å²) in [5.74, 6) is 1.82. The van der Waals surface area contributed by atoms with Crippen molar-refractivity contribution in [3.05, 3.63) is 30.3 Å². The molecule has 0 saturated carbocycles. The highest BCUT2D eigenvalue weighted by atomic mass is 32.2. The summed E-state index contributed by atoms with van der Waals surface area (Å²) in [5, 5.41) is 16.2. The Hall–Kier alpha value is -1.18. The number of ether oxygens (including phenoxy) is 3. The second-order valence-electron chi connectivity index (χ2n) is 9.39. The van der Waals surface area contributed by atoms with Crippen LogP contribution in [0.4, 0.5) is 0 Å². The van der Waals surface area contributed by atoms with E-state index in [0.29, 0.717) is 13.0 Å². The van der Waals surface area contributed by atoms with Crippen LogP contribution in [0.3, 0.4) is 0 Å². The van der Waals surface area contributed by atoms with Gasteiger partial charge in [0, 0.05) is 13.2 Å². The number of aliphatic carboxylic acids is 1. The maximum absolute atomic E-state index is 10.9. The molecule has 0 aliphatic heterocycles. The minimum Gasteiger partial charge on any atom is -0.488 e. The molecule has 3 atom stereocenters. The molecule has 2 N–H and O–H groups in total. The van der Waals surface area contributed by atoms with Crippen LogP contribution in [0.25, 0.3) is 0 Å². The molecule has 1 aromatic rings. The lowest BCUT2D eigenvalue weighted by atomic mass is 10.0. The number of carbonyl (C=O) groups is 1. The van der Waals surface area contributed by atoms with E-state index in [9.17, 15) is 14.5 Å². The van der Waals surface area contributed by atoms with Crippen molar-refractivity contribution >= 4 is 26.2 Å². The molecule has 0 fully saturated rings. The Labute approximate surface area is 229 Å². The van der Waals surface area contributed by atoms with Crippen LogP contribution in [0.1, 0.15) is 84.5 Å². The minimum absolute atomic E-state index is 0.0710. The van der Waals surface area contributed by atoms with E-state index < -0.39 is 26.4 Å². The van der Waals surface area contributed by atoms with E-state index in [2.05, 4.69) is 18.7 Å². The summed E-state index contributed by atoms with van der Waals surface area (Å²) in [5.41, 5.74) is 0. The van der Waals surface area contributed by atoms with Crippen molar-refractivity contribution in [3.63, 3.8) is 0 Å². The largest absolute Gasteiger partial charge is 0.488 e. The molecule has 0 spiro atoms. The molecule has 0 aromatic heterocycles. The number of rotatable bonds is 25. The zero-order valence-corrected chi connectivity index (χ0v) is 24.4. The SMILES string of the molecule is CCCCCCSCCCCCCCC(Oc1ccccc1)C(C)OCCCOCC(O)(P=O)C(=O)O. The molecule has 3 unspecified atom stereocenters. The third-order valence-corrected chi connectivity index (χ3v) is 7.86. The summed E-state index contributed by atoms with van der Waals surface area (Å²) >= 11 is 2.10. The van der Waals surface area contributed by atoms with E-state index >= 15 is 0 Å². The van der Waals surface area contributed by atoms with Gasteiger partial charge in [-0.2, -0.15) is 11.8 Å². The number of carboxylic acid groups (broad SMARTS) is 1. The number of carboxylic acids is 1. The molecule has 0 aliphatic rings. The van der Waals surface area contributed by atoms with Gasteiger partial charge in [0.15, 0.2) is 0 Å². The molecular formula is C28H47O7PS. The summed E-state index contributed by atoms with van der Waals surface area (Å²) in [6, 6.07) is 9.77. The topological polar surface area (TPSA) is 102 Å². The second-order valence-corrected chi connectivity index (χ2v) is 11.5. The van der Waals surface area contributed by atoms with E-state index in [4.69, 9.17) is 19.3 Å². The molecule has 0 heterocycles. The second kappa shape index (κ2) is 21.7. The highest BCUT2D eigenvalue weighted by Crippen LogP contribution is 2.21. The number of hydrogen-bond donors (Lipinski definition) is 2. The van der Waals surface area contributed by atoms with Gasteiger partial charge in [-0.15, -0.1) is 0 Å². The van der Waals surface area contributed by atoms with E-state index in [1.54, 1.807) is 0 Å². The van der Waals surface area contributed by atoms with Crippen molar-refractivity contribution in [2.45, 2.75) is 102 Å². The van der Waals surface area contributed by atoms with E-state index in [1.165, 1.54) is 62.9 Å². The van der Waals surface area contributed by atoms with Crippen molar-refractivity contribution in [1.82, 2.24) is 0 Å². The van der Waals surface area contributed by atoms with Gasteiger partial charge in [0.2, 0.25) is 8.46 Å². The average Bonchev–Trinajstić information content (AvgIpc) is 2.90. The first kappa shape index (κ1) is 33.8. The molecule has 1 rings (SSSR count). The van der Waals surface area contributed by atoms with Gasteiger partial charge in [-0.25, -0.2) is 4.79 Å². The number of hydrogen-bond acceptors (Lipinski definition) is 7. The molecule has 0 radical (unpaired) electrons. The van der Waals surface area contributed by atoms with Gasteiger partial charge in [0.1, 0.15) is 11.9 Å². The first-order chi connectivity index (χ1) is 17.9. The van der Waals surface area contributed by atoms with Crippen molar-refractivity contribution in [2.24, 2.45) is 0 Å². The molecule has 0 amide bonds. The van der Waals surface area contributed by atoms with Crippen molar-refractivity contribution in [2.75, 3.05) is 31.3 Å². The Balaban J connectivity index is 2.28. The average molecular weight is 559 g/mol. The van der Waals surface area contributed by atoms with Gasteiger partial charge in [0.05, 0.1) is 12.7 Å². The molecule has 7 nitrogen and oxygen atoms in total. The van der Waals surface area contributed by atoms with Gasteiger partial charge in [-0.05, 0) is 62.7 Å². The zero-order chi connectivity index (χ0) is 27.2. The molecule has 37 heavy (non-hydrogen) atoms. The Bertz CT molecular complexity index is 709. The van der Waals surface area contributed by atoms with E-state index in [0.717, 1.165) is 18.6 Å². The molecule has 9 heteroatoms. The minimum atomic E-state index is -2.41. The number of aliphatic hydroxyl groups is 1. The van der Waals surface area contributed by atoms with Gasteiger partial charge in [0.25, 0.3) is 5.34 Å². The number of unbranched alkanes of at least 4 members (excludes halogenated alkanes) is 7. The van der Waals surface area contributed by atoms with Gasteiger partial charge in [-0.1, -0.05) is 63.6 Å². The quantitative estimate of drug-likeness (QED) is 0.0980. The van der Waals surface area contributed by atoms with Crippen LogP contribution in [-0.2, 0) is 18.8 Å². The molecule has 212 valence electrons. The zero-order valence-electron chi connectivity index (χ0n) is 22.6. The standard InChI is InChI=1S/C28H47O7PS/c1-3-4-5-13-21-37-22-14-8-6-7-12-18-26(35-25-16-10-9-11-17-25)24(2)34-20-15-19-33-23-28(31,36-32)27(29)30/h9-11,16-17,24,26,31H,3-8,12-15,18-23H2,1-2H3,(H,29,30). The van der Waals surface area contributed by atoms with Gasteiger partial charge < -0.3 is 24.4 Å². The third kappa shape index (κ3) is 16.4. The van der Waals surface area contributed by atoms with Crippen LogP contribution >= 0.6 is 20.2 Å². The van der Waals surface area contributed by atoms with Crippen molar-refractivity contribution in [3.8, 4) is 5.75 Å². The van der Waals surface area contributed by atoms with Crippen LogP contribution in [0.15, 0.2) is 30.3 Å². The highest BCUT2D eigenvalue weighted by Gasteiger charge is 2.37. The summed E-state index contributed by atoms with van der Waals surface area (Å²) < 4.78 is 28.3. The smallest absolute Gasteiger partial charge is 0.350 e. The Morgan fingerprint density at radius 3 is 2.27 bits per heavy atom. The normalized spacial score (nSPS) is 14.8. The maximum atomic E-state index is 10.9. The monoisotopic (exact) mass is 558 g/mol. The maximum Gasteiger partial charge on any atom is 0.350 e. The molecule has 0 bridgehead atoms. The lowest BCUT2D eigenvalue weighted by Gasteiger charge is -2.26. The fraction of sp³-hybridized carbons (Fsp3) is 0.750. The first-order valence-corrected chi connectivity index (χ1v) is 15.7. The predicted molar refractivity (Wildman–Crippen MR) is 151 cm³/mol. The Morgan fingerprint density at radius 2 is 1.62 bits per heavy atom. The highest BCUT2D eigenvalue weighted by molar-refractivity contribution is 7.99. The van der Waals surface area contributed by atoms with E-state index in [-0.39, 0.29) is 18.8 Å².